The molecule has 4 rings (SSSR count). The molecule has 0 radical (unpaired) electrons. The average molecular weight is 634 g/mol. The summed E-state index contributed by atoms with van der Waals surface area (Å²) in [6, 6.07) is 26.0. The lowest BCUT2D eigenvalue weighted by Gasteiger charge is -2.35. The average Bonchev–Trinajstić information content (AvgIpc) is 3.52. The van der Waals surface area contributed by atoms with Crippen molar-refractivity contribution < 1.29 is 48.0 Å². The summed E-state index contributed by atoms with van der Waals surface area (Å²) in [6.45, 7) is 3.56. The number of carbonyl (C=O) groups is 4. The third kappa shape index (κ3) is 8.29. The second-order valence-electron chi connectivity index (χ2n) is 10.7. The van der Waals surface area contributed by atoms with Crippen molar-refractivity contribution in [3.05, 3.63) is 96.1 Å². The maximum Gasteiger partial charge on any atom is 0.379 e. The highest BCUT2D eigenvalue weighted by Crippen LogP contribution is 2.34. The molecule has 0 aliphatic carbocycles. The van der Waals surface area contributed by atoms with E-state index in [1.807, 2.05) is 84.9 Å². The number of aryl methyl sites for hydroxylation is 1. The van der Waals surface area contributed by atoms with Gasteiger partial charge in [-0.15, -0.1) is 0 Å². The van der Waals surface area contributed by atoms with Crippen molar-refractivity contribution in [2.24, 2.45) is 0 Å². The van der Waals surface area contributed by atoms with Crippen LogP contribution in [0.15, 0.2) is 84.9 Å². The number of para-hydroxylation sites is 1. The van der Waals surface area contributed by atoms with Gasteiger partial charge in [0, 0.05) is 12.0 Å². The second-order valence-corrected chi connectivity index (χ2v) is 10.7. The Labute approximate surface area is 268 Å². The van der Waals surface area contributed by atoms with Crippen molar-refractivity contribution in [2.45, 2.75) is 57.5 Å². The zero-order valence-electron chi connectivity index (χ0n) is 26.1. The quantitative estimate of drug-likeness (QED) is 0.185. The predicted octanol–water partition coefficient (Wildman–Crippen LogP) is 4.73. The number of hydrogen-bond acceptors (Lipinski definition) is 9. The number of carboxylic acids is 1. The minimum Gasteiger partial charge on any atom is -0.480 e. The summed E-state index contributed by atoms with van der Waals surface area (Å²) in [5.74, 6) is -5.91. The summed E-state index contributed by atoms with van der Waals surface area (Å²) >= 11 is 0. The van der Waals surface area contributed by atoms with Crippen LogP contribution < -0.4 is 4.74 Å². The lowest BCUT2D eigenvalue weighted by Crippen LogP contribution is -2.53. The second kappa shape index (κ2) is 16.0. The first-order valence-electron chi connectivity index (χ1n) is 15.2. The number of aliphatic carboxylic acids is 1. The Morgan fingerprint density at radius 2 is 1.43 bits per heavy atom. The molecule has 1 fully saturated rings. The van der Waals surface area contributed by atoms with Crippen LogP contribution in [0.4, 0.5) is 0 Å². The lowest BCUT2D eigenvalue weighted by atomic mass is 9.85. The molecule has 11 heteroatoms. The van der Waals surface area contributed by atoms with E-state index in [4.69, 9.17) is 23.7 Å². The Morgan fingerprint density at radius 3 is 2.00 bits per heavy atom. The van der Waals surface area contributed by atoms with Crippen LogP contribution in [0.3, 0.4) is 0 Å². The van der Waals surface area contributed by atoms with E-state index in [9.17, 15) is 24.3 Å². The maximum atomic E-state index is 14.0. The van der Waals surface area contributed by atoms with Gasteiger partial charge in [0.05, 0.1) is 19.8 Å². The highest BCUT2D eigenvalue weighted by Gasteiger charge is 2.60. The van der Waals surface area contributed by atoms with E-state index in [0.717, 1.165) is 11.1 Å². The van der Waals surface area contributed by atoms with E-state index >= 15 is 0 Å². The highest BCUT2D eigenvalue weighted by molar-refractivity contribution is 6.03. The number of carboxylic acid groups (broad SMARTS) is 1. The molecule has 1 aliphatic rings. The zero-order valence-corrected chi connectivity index (χ0v) is 26.1. The lowest BCUT2D eigenvalue weighted by molar-refractivity contribution is -0.225. The first-order chi connectivity index (χ1) is 22.2. The number of esters is 2. The largest absolute Gasteiger partial charge is 0.480 e. The van der Waals surface area contributed by atoms with E-state index in [1.54, 1.807) is 20.8 Å². The van der Waals surface area contributed by atoms with Crippen LogP contribution in [-0.2, 0) is 44.5 Å². The van der Waals surface area contributed by atoms with E-state index < -0.39 is 54.9 Å². The van der Waals surface area contributed by atoms with Crippen LogP contribution >= 0.6 is 0 Å². The molecule has 0 bridgehead atoms. The zero-order chi connectivity index (χ0) is 33.1. The Bertz CT molecular complexity index is 1440. The van der Waals surface area contributed by atoms with E-state index in [0.29, 0.717) is 24.3 Å². The van der Waals surface area contributed by atoms with Crippen molar-refractivity contribution in [3.63, 3.8) is 0 Å². The summed E-state index contributed by atoms with van der Waals surface area (Å²) < 4.78 is 27.1. The standard InChI is InChI=1S/C35H39NO10/c1-4-42-33(40)35(34(41)43-5-2)44-23-30(46-35)32(39)36(22-31(37)38)24(3)29(21-16-25-12-8-6-9-13-25)26-17-19-28(20-18-26)45-27-14-10-7-11-15-27/h6-15,17-20,24,29-30H,4-5,16,21-23H2,1-3H3,(H,37,38). The fraction of sp³-hybridized carbons (Fsp3) is 0.371. The highest BCUT2D eigenvalue weighted by atomic mass is 16.8. The number of carbonyl (C=O) groups excluding carboxylic acids is 3. The molecule has 1 amide bonds. The van der Waals surface area contributed by atoms with Crippen LogP contribution in [0.25, 0.3) is 0 Å². The molecular weight excluding hydrogens is 594 g/mol. The van der Waals surface area contributed by atoms with Gasteiger partial charge < -0.3 is 33.7 Å². The minimum atomic E-state index is -2.59. The molecule has 46 heavy (non-hydrogen) atoms. The molecule has 11 nitrogen and oxygen atoms in total. The van der Waals surface area contributed by atoms with Crippen molar-refractivity contribution in [1.82, 2.24) is 4.90 Å². The minimum absolute atomic E-state index is 0.0776. The van der Waals surface area contributed by atoms with Gasteiger partial charge in [0.25, 0.3) is 5.91 Å². The number of amides is 1. The molecule has 1 N–H and O–H groups in total. The van der Waals surface area contributed by atoms with Crippen molar-refractivity contribution in [2.75, 3.05) is 26.4 Å². The molecule has 0 aromatic heterocycles. The smallest absolute Gasteiger partial charge is 0.379 e. The summed E-state index contributed by atoms with van der Waals surface area (Å²) in [6.07, 6.45) is -0.233. The van der Waals surface area contributed by atoms with Gasteiger partial charge in [-0.2, -0.15) is 0 Å². The first kappa shape index (κ1) is 34.1. The van der Waals surface area contributed by atoms with Crippen molar-refractivity contribution in [3.8, 4) is 11.5 Å². The fourth-order valence-electron chi connectivity index (χ4n) is 5.36. The molecule has 0 spiro atoms. The number of benzene rings is 3. The molecular formula is C35H39NO10. The van der Waals surface area contributed by atoms with Crippen LogP contribution in [0, 0.1) is 0 Å². The van der Waals surface area contributed by atoms with Crippen LogP contribution in [0.2, 0.25) is 0 Å². The van der Waals surface area contributed by atoms with Crippen LogP contribution in [0.5, 0.6) is 11.5 Å². The molecule has 1 saturated heterocycles. The molecule has 1 aliphatic heterocycles. The van der Waals surface area contributed by atoms with Gasteiger partial charge in [-0.05, 0) is 69.0 Å². The van der Waals surface area contributed by atoms with E-state index in [-0.39, 0.29) is 19.1 Å². The topological polar surface area (TPSA) is 138 Å². The fourth-order valence-corrected chi connectivity index (χ4v) is 5.36. The van der Waals surface area contributed by atoms with Crippen LogP contribution in [0.1, 0.15) is 44.2 Å². The molecule has 1 heterocycles. The van der Waals surface area contributed by atoms with Gasteiger partial charge >= 0.3 is 23.7 Å². The molecule has 0 saturated carbocycles. The van der Waals surface area contributed by atoms with Gasteiger partial charge in [-0.1, -0.05) is 60.7 Å². The van der Waals surface area contributed by atoms with Gasteiger partial charge in [0.1, 0.15) is 18.0 Å². The third-order valence-corrected chi connectivity index (χ3v) is 7.65. The predicted molar refractivity (Wildman–Crippen MR) is 166 cm³/mol. The number of rotatable bonds is 15. The first-order valence-corrected chi connectivity index (χ1v) is 15.2. The van der Waals surface area contributed by atoms with E-state index in [1.165, 1.54) is 4.90 Å². The van der Waals surface area contributed by atoms with Gasteiger partial charge in [-0.25, -0.2) is 9.59 Å². The number of ether oxygens (including phenoxy) is 5. The Morgan fingerprint density at radius 1 is 0.870 bits per heavy atom. The molecule has 3 unspecified atom stereocenters. The van der Waals surface area contributed by atoms with Gasteiger partial charge in [-0.3, -0.25) is 9.59 Å². The summed E-state index contributed by atoms with van der Waals surface area (Å²) in [5.41, 5.74) is 1.95. The normalized spacial score (nSPS) is 16.5. The Kier molecular flexibility index (Phi) is 11.9. The van der Waals surface area contributed by atoms with Crippen molar-refractivity contribution in [1.29, 1.82) is 0 Å². The van der Waals surface area contributed by atoms with Crippen molar-refractivity contribution >= 4 is 23.8 Å². The Balaban J connectivity index is 1.62. The van der Waals surface area contributed by atoms with Crippen LogP contribution in [-0.4, -0.2) is 78.1 Å². The molecule has 3 atom stereocenters. The summed E-state index contributed by atoms with van der Waals surface area (Å²) in [5, 5.41) is 9.85. The number of hydrogen-bond donors (Lipinski definition) is 1. The SMILES string of the molecule is CCOC(=O)C1(C(=O)OCC)OCC(C(=O)N(CC(=O)O)C(C)C(CCc2ccccc2)c2ccc(Oc3ccccc3)cc2)O1. The molecule has 244 valence electrons. The monoisotopic (exact) mass is 633 g/mol. The third-order valence-electron chi connectivity index (χ3n) is 7.65. The molecule has 3 aromatic carbocycles. The van der Waals surface area contributed by atoms with Gasteiger partial charge in [0.15, 0.2) is 6.10 Å². The number of nitrogens with zero attached hydrogens (tertiary/aromatic N) is 1. The van der Waals surface area contributed by atoms with Gasteiger partial charge in [0.2, 0.25) is 0 Å². The maximum absolute atomic E-state index is 14.0. The summed E-state index contributed by atoms with van der Waals surface area (Å²) in [4.78, 5) is 52.8. The Hall–Kier alpha value is -4.74. The summed E-state index contributed by atoms with van der Waals surface area (Å²) in [7, 11) is 0. The van der Waals surface area contributed by atoms with E-state index in [2.05, 4.69) is 0 Å². The molecule has 3 aromatic rings.